The Kier molecular flexibility index (Phi) is 4.66. The van der Waals surface area contributed by atoms with E-state index in [0.717, 1.165) is 17.5 Å². The minimum Gasteiger partial charge on any atom is -0.366 e. The van der Waals surface area contributed by atoms with E-state index in [1.807, 2.05) is 6.92 Å². The summed E-state index contributed by atoms with van der Waals surface area (Å²) in [6, 6.07) is 8.65. The van der Waals surface area contributed by atoms with Crippen molar-refractivity contribution in [2.45, 2.75) is 13.3 Å². The number of nitrogens with zero attached hydrogens (tertiary/aromatic N) is 1. The maximum absolute atomic E-state index is 11.9. The van der Waals surface area contributed by atoms with Crippen molar-refractivity contribution in [2.24, 2.45) is 5.73 Å². The largest absolute Gasteiger partial charge is 0.366 e. The summed E-state index contributed by atoms with van der Waals surface area (Å²) < 4.78 is 0. The molecule has 1 aromatic heterocycles. The maximum Gasteiger partial charge on any atom is 0.252 e. The molecule has 0 saturated carbocycles. The lowest BCUT2D eigenvalue weighted by atomic mass is 10.0. The number of nitrogens with one attached hydrogen (secondary N) is 1. The van der Waals surface area contributed by atoms with Crippen LogP contribution in [-0.4, -0.2) is 23.3 Å². The van der Waals surface area contributed by atoms with Gasteiger partial charge in [0.15, 0.2) is 0 Å². The molecule has 0 atom stereocenters. The van der Waals surface area contributed by atoms with Crippen LogP contribution in [0.25, 0.3) is 11.1 Å². The van der Waals surface area contributed by atoms with Gasteiger partial charge in [0.2, 0.25) is 5.91 Å². The van der Waals surface area contributed by atoms with Crippen LogP contribution in [0.2, 0.25) is 0 Å². The van der Waals surface area contributed by atoms with Gasteiger partial charge in [-0.3, -0.25) is 14.6 Å². The van der Waals surface area contributed by atoms with E-state index in [9.17, 15) is 9.59 Å². The number of amides is 2. The van der Waals surface area contributed by atoms with Crippen molar-refractivity contribution in [1.29, 1.82) is 0 Å². The van der Waals surface area contributed by atoms with E-state index < -0.39 is 5.91 Å². The Morgan fingerprint density at radius 1 is 1.10 bits per heavy atom. The highest BCUT2D eigenvalue weighted by Gasteiger charge is 2.08. The molecule has 0 radical (unpaired) electrons. The maximum atomic E-state index is 11.9. The second-order valence-corrected chi connectivity index (χ2v) is 4.66. The molecule has 0 fully saturated rings. The van der Waals surface area contributed by atoms with Gasteiger partial charge in [0, 0.05) is 30.1 Å². The molecule has 3 N–H and O–H groups in total. The van der Waals surface area contributed by atoms with Gasteiger partial charge in [-0.2, -0.15) is 0 Å². The van der Waals surface area contributed by atoms with E-state index in [1.54, 1.807) is 36.5 Å². The molecule has 21 heavy (non-hydrogen) atoms. The van der Waals surface area contributed by atoms with Gasteiger partial charge in [-0.1, -0.05) is 19.1 Å². The van der Waals surface area contributed by atoms with Crippen LogP contribution in [0.5, 0.6) is 0 Å². The van der Waals surface area contributed by atoms with Gasteiger partial charge >= 0.3 is 0 Å². The molecule has 5 nitrogen and oxygen atoms in total. The Morgan fingerprint density at radius 2 is 1.81 bits per heavy atom. The second-order valence-electron chi connectivity index (χ2n) is 4.66. The molecule has 0 aliphatic rings. The van der Waals surface area contributed by atoms with Gasteiger partial charge in [-0.15, -0.1) is 0 Å². The first-order valence-electron chi connectivity index (χ1n) is 6.75. The Hall–Kier alpha value is -2.69. The average molecular weight is 283 g/mol. The third kappa shape index (κ3) is 3.66. The Morgan fingerprint density at radius 3 is 2.43 bits per heavy atom. The lowest BCUT2D eigenvalue weighted by Gasteiger charge is -2.06. The van der Waals surface area contributed by atoms with Gasteiger partial charge in [0.25, 0.3) is 5.91 Å². The number of nitrogens with two attached hydrogens (primary N) is 1. The molecule has 0 saturated heterocycles. The Bertz CT molecular complexity index is 651. The van der Waals surface area contributed by atoms with Crippen molar-refractivity contribution < 1.29 is 9.59 Å². The van der Waals surface area contributed by atoms with Crippen LogP contribution in [0.4, 0.5) is 0 Å². The average Bonchev–Trinajstić information content (AvgIpc) is 2.52. The summed E-state index contributed by atoms with van der Waals surface area (Å²) in [6.45, 7) is 2.63. The molecule has 1 aromatic carbocycles. The molecule has 108 valence electrons. The van der Waals surface area contributed by atoms with E-state index in [0.29, 0.717) is 17.7 Å². The summed E-state index contributed by atoms with van der Waals surface area (Å²) in [5.41, 5.74) is 7.86. The van der Waals surface area contributed by atoms with Gasteiger partial charge in [0.1, 0.15) is 0 Å². The lowest BCUT2D eigenvalue weighted by Crippen LogP contribution is -2.24. The number of carbonyl (C=O) groups is 2. The summed E-state index contributed by atoms with van der Waals surface area (Å²) in [7, 11) is 0. The number of benzene rings is 1. The lowest BCUT2D eigenvalue weighted by molar-refractivity contribution is 0.0952. The molecule has 0 aliphatic heterocycles. The second kappa shape index (κ2) is 6.65. The standard InChI is InChI=1S/C16H17N3O2/c1-2-7-19-16(21)14-8-13(9-18-10-14)11-3-5-12(6-4-11)15(17)20/h3-6,8-10H,2,7H2,1H3,(H2,17,20)(H,19,21). The number of pyridine rings is 1. The van der Waals surface area contributed by atoms with E-state index in [4.69, 9.17) is 5.73 Å². The highest BCUT2D eigenvalue weighted by molar-refractivity contribution is 5.95. The van der Waals surface area contributed by atoms with Crippen LogP contribution < -0.4 is 11.1 Å². The topological polar surface area (TPSA) is 85.1 Å². The number of primary amides is 1. The SMILES string of the molecule is CCCNC(=O)c1cncc(-c2ccc(C(N)=O)cc2)c1. The van der Waals surface area contributed by atoms with Crippen LogP contribution in [0.15, 0.2) is 42.7 Å². The van der Waals surface area contributed by atoms with E-state index in [-0.39, 0.29) is 5.91 Å². The predicted molar refractivity (Wildman–Crippen MR) is 80.8 cm³/mol. The fraction of sp³-hybridized carbons (Fsp3) is 0.188. The first-order valence-corrected chi connectivity index (χ1v) is 6.75. The summed E-state index contributed by atoms with van der Waals surface area (Å²) >= 11 is 0. The molecule has 2 aromatic rings. The fourth-order valence-electron chi connectivity index (χ4n) is 1.89. The van der Waals surface area contributed by atoms with Crippen molar-refractivity contribution >= 4 is 11.8 Å². The normalized spacial score (nSPS) is 10.1. The smallest absolute Gasteiger partial charge is 0.252 e. The van der Waals surface area contributed by atoms with Gasteiger partial charge in [0.05, 0.1) is 5.56 Å². The quantitative estimate of drug-likeness (QED) is 0.880. The van der Waals surface area contributed by atoms with Crippen molar-refractivity contribution in [3.63, 3.8) is 0 Å². The van der Waals surface area contributed by atoms with E-state index >= 15 is 0 Å². The summed E-state index contributed by atoms with van der Waals surface area (Å²) in [4.78, 5) is 27.1. The van der Waals surface area contributed by atoms with Crippen molar-refractivity contribution in [1.82, 2.24) is 10.3 Å². The van der Waals surface area contributed by atoms with Gasteiger partial charge < -0.3 is 11.1 Å². The van der Waals surface area contributed by atoms with Crippen molar-refractivity contribution in [3.05, 3.63) is 53.9 Å². The summed E-state index contributed by atoms with van der Waals surface area (Å²) in [5.74, 6) is -0.604. The molecule has 0 spiro atoms. The third-order valence-corrected chi connectivity index (χ3v) is 3.04. The zero-order chi connectivity index (χ0) is 15.2. The van der Waals surface area contributed by atoms with Crippen LogP contribution in [-0.2, 0) is 0 Å². The number of hydrogen-bond donors (Lipinski definition) is 2. The molecule has 1 heterocycles. The molecule has 0 bridgehead atoms. The molecule has 0 unspecified atom stereocenters. The number of aromatic nitrogens is 1. The zero-order valence-electron chi connectivity index (χ0n) is 11.8. The fourth-order valence-corrected chi connectivity index (χ4v) is 1.89. The molecule has 0 aliphatic carbocycles. The molecular weight excluding hydrogens is 266 g/mol. The third-order valence-electron chi connectivity index (χ3n) is 3.04. The Balaban J connectivity index is 2.24. The summed E-state index contributed by atoms with van der Waals surface area (Å²) in [6.07, 6.45) is 4.09. The van der Waals surface area contributed by atoms with E-state index in [2.05, 4.69) is 10.3 Å². The van der Waals surface area contributed by atoms with E-state index in [1.165, 1.54) is 6.20 Å². The minimum absolute atomic E-state index is 0.139. The molecule has 5 heteroatoms. The van der Waals surface area contributed by atoms with Crippen molar-refractivity contribution in [2.75, 3.05) is 6.54 Å². The highest BCUT2D eigenvalue weighted by Crippen LogP contribution is 2.20. The monoisotopic (exact) mass is 283 g/mol. The van der Waals surface area contributed by atoms with Gasteiger partial charge in [-0.05, 0) is 30.2 Å². The Labute approximate surface area is 123 Å². The molecule has 2 amide bonds. The first-order chi connectivity index (χ1) is 10.1. The predicted octanol–water partition coefficient (Wildman–Crippen LogP) is 1.99. The molecule has 2 rings (SSSR count). The number of carbonyl (C=O) groups excluding carboxylic acids is 2. The number of hydrogen-bond acceptors (Lipinski definition) is 3. The highest BCUT2D eigenvalue weighted by atomic mass is 16.2. The first kappa shape index (κ1) is 14.7. The zero-order valence-corrected chi connectivity index (χ0v) is 11.8. The minimum atomic E-state index is -0.465. The van der Waals surface area contributed by atoms with Crippen molar-refractivity contribution in [3.8, 4) is 11.1 Å². The number of rotatable bonds is 5. The van der Waals surface area contributed by atoms with Crippen LogP contribution in [0, 0.1) is 0 Å². The van der Waals surface area contributed by atoms with Crippen LogP contribution >= 0.6 is 0 Å². The summed E-state index contributed by atoms with van der Waals surface area (Å²) in [5, 5.41) is 2.81. The van der Waals surface area contributed by atoms with Gasteiger partial charge in [-0.25, -0.2) is 0 Å². The van der Waals surface area contributed by atoms with Crippen LogP contribution in [0.3, 0.4) is 0 Å². The molecular formula is C16H17N3O2. The van der Waals surface area contributed by atoms with Crippen LogP contribution in [0.1, 0.15) is 34.1 Å².